The van der Waals surface area contributed by atoms with Gasteiger partial charge in [0.1, 0.15) is 5.54 Å². The normalized spacial score (nSPS) is 25.6. The fraction of sp³-hybridized carbons (Fsp3) is 0.909. The van der Waals surface area contributed by atoms with Crippen LogP contribution in [0, 0.1) is 0 Å². The molecule has 0 spiro atoms. The molecule has 0 aromatic carbocycles. The minimum Gasteiger partial charge on any atom is -0.480 e. The van der Waals surface area contributed by atoms with Crippen molar-refractivity contribution in [3.63, 3.8) is 0 Å². The predicted molar refractivity (Wildman–Crippen MR) is 62.7 cm³/mol. The molecule has 1 atom stereocenters. The number of hydrogen-bond acceptors (Lipinski definition) is 5. The molecule has 0 aliphatic carbocycles. The van der Waals surface area contributed by atoms with Crippen molar-refractivity contribution in [1.29, 1.82) is 0 Å². The molecule has 0 saturated carbocycles. The number of rotatable bonds is 7. The number of nitrogens with two attached hydrogens (primary N) is 1. The van der Waals surface area contributed by atoms with Crippen LogP contribution >= 0.6 is 0 Å². The van der Waals surface area contributed by atoms with Crippen molar-refractivity contribution < 1.29 is 19.4 Å². The molecule has 1 saturated heterocycles. The maximum Gasteiger partial charge on any atom is 0.325 e. The summed E-state index contributed by atoms with van der Waals surface area (Å²) in [6.07, 6.45) is 0.161. The van der Waals surface area contributed by atoms with E-state index in [1.165, 1.54) is 0 Å². The zero-order valence-corrected chi connectivity index (χ0v) is 10.5. The van der Waals surface area contributed by atoms with Crippen molar-refractivity contribution in [2.24, 2.45) is 5.73 Å². The van der Waals surface area contributed by atoms with Gasteiger partial charge in [0.05, 0.1) is 0 Å². The van der Waals surface area contributed by atoms with Crippen molar-refractivity contribution in [3.8, 4) is 0 Å². The molecular weight excluding hydrogens is 224 g/mol. The minimum atomic E-state index is -1.12. The molecule has 1 aliphatic rings. The Morgan fingerprint density at radius 1 is 1.47 bits per heavy atom. The molecule has 0 bridgehead atoms. The Bertz CT molecular complexity index is 256. The first-order valence-electron chi connectivity index (χ1n) is 5.99. The predicted octanol–water partition coefficient (Wildman–Crippen LogP) is -0.127. The second-order valence-corrected chi connectivity index (χ2v) is 4.29. The number of likely N-dealkylation sites (tertiary alicyclic amines) is 1. The lowest BCUT2D eigenvalue weighted by Gasteiger charge is -2.24. The van der Waals surface area contributed by atoms with Gasteiger partial charge in [-0.15, -0.1) is 0 Å². The van der Waals surface area contributed by atoms with Gasteiger partial charge >= 0.3 is 5.97 Å². The maximum atomic E-state index is 11.0. The summed E-state index contributed by atoms with van der Waals surface area (Å²) in [5, 5.41) is 9.02. The van der Waals surface area contributed by atoms with Crippen LogP contribution in [0.3, 0.4) is 0 Å². The summed E-state index contributed by atoms with van der Waals surface area (Å²) >= 11 is 0. The molecule has 1 fully saturated rings. The average molecular weight is 246 g/mol. The number of ether oxygens (including phenoxy) is 2. The number of carbonyl (C=O) groups is 1. The third-order valence-corrected chi connectivity index (χ3v) is 2.92. The van der Waals surface area contributed by atoms with Crippen molar-refractivity contribution in [1.82, 2.24) is 4.90 Å². The smallest absolute Gasteiger partial charge is 0.325 e. The number of hydrogen-bond donors (Lipinski definition) is 2. The third kappa shape index (κ3) is 3.92. The quantitative estimate of drug-likeness (QED) is 0.609. The van der Waals surface area contributed by atoms with Crippen molar-refractivity contribution in [3.05, 3.63) is 0 Å². The number of carboxylic acids is 1. The van der Waals surface area contributed by atoms with Gasteiger partial charge < -0.3 is 20.3 Å². The Morgan fingerprint density at radius 2 is 2.06 bits per heavy atom. The van der Waals surface area contributed by atoms with Crippen LogP contribution in [0.5, 0.6) is 0 Å². The van der Waals surface area contributed by atoms with Crippen molar-refractivity contribution in [2.75, 3.05) is 32.8 Å². The van der Waals surface area contributed by atoms with Gasteiger partial charge in [-0.3, -0.25) is 9.69 Å². The summed E-state index contributed by atoms with van der Waals surface area (Å²) in [4.78, 5) is 13.0. The fourth-order valence-corrected chi connectivity index (χ4v) is 1.98. The molecule has 0 amide bonds. The molecule has 1 unspecified atom stereocenters. The average Bonchev–Trinajstić information content (AvgIpc) is 2.62. The highest BCUT2D eigenvalue weighted by molar-refractivity contribution is 5.79. The molecule has 3 N–H and O–H groups in total. The van der Waals surface area contributed by atoms with Gasteiger partial charge in [0.2, 0.25) is 0 Å². The monoisotopic (exact) mass is 246 g/mol. The summed E-state index contributed by atoms with van der Waals surface area (Å²) in [5.41, 5.74) is 4.67. The van der Waals surface area contributed by atoms with Gasteiger partial charge in [-0.05, 0) is 20.3 Å². The second kappa shape index (κ2) is 6.30. The summed E-state index contributed by atoms with van der Waals surface area (Å²) < 4.78 is 10.8. The van der Waals surface area contributed by atoms with E-state index < -0.39 is 11.5 Å². The van der Waals surface area contributed by atoms with E-state index in [9.17, 15) is 4.79 Å². The molecule has 1 heterocycles. The first-order valence-corrected chi connectivity index (χ1v) is 5.99. The number of nitrogens with zero attached hydrogens (tertiary/aromatic N) is 1. The Morgan fingerprint density at radius 3 is 2.47 bits per heavy atom. The lowest BCUT2D eigenvalue weighted by molar-refractivity contribution is -0.148. The van der Waals surface area contributed by atoms with E-state index in [4.69, 9.17) is 20.3 Å². The maximum absolute atomic E-state index is 11.0. The second-order valence-electron chi connectivity index (χ2n) is 4.29. The molecular formula is C11H22N2O4. The Kier molecular flexibility index (Phi) is 5.32. The highest BCUT2D eigenvalue weighted by atomic mass is 16.7. The first kappa shape index (κ1) is 14.4. The van der Waals surface area contributed by atoms with Crippen LogP contribution in [0.2, 0.25) is 0 Å². The zero-order chi connectivity index (χ0) is 12.9. The molecule has 17 heavy (non-hydrogen) atoms. The number of aliphatic carboxylic acids is 1. The van der Waals surface area contributed by atoms with Crippen LogP contribution in [0.25, 0.3) is 0 Å². The van der Waals surface area contributed by atoms with E-state index in [1.54, 1.807) is 0 Å². The molecule has 1 aliphatic heterocycles. The first-order chi connectivity index (χ1) is 8.01. The minimum absolute atomic E-state index is 0.304. The molecule has 6 heteroatoms. The molecule has 1 rings (SSSR count). The van der Waals surface area contributed by atoms with E-state index in [1.807, 2.05) is 18.7 Å². The van der Waals surface area contributed by atoms with Gasteiger partial charge in [-0.1, -0.05) is 0 Å². The summed E-state index contributed by atoms with van der Waals surface area (Å²) in [5.74, 6) is -0.940. The Labute approximate surface area is 102 Å². The molecule has 6 nitrogen and oxygen atoms in total. The topological polar surface area (TPSA) is 85.0 Å². The van der Waals surface area contributed by atoms with E-state index in [0.717, 1.165) is 0 Å². The number of carboxylic acid groups (broad SMARTS) is 1. The van der Waals surface area contributed by atoms with Gasteiger partial charge in [-0.2, -0.15) is 0 Å². The largest absolute Gasteiger partial charge is 0.480 e. The zero-order valence-electron chi connectivity index (χ0n) is 10.5. The van der Waals surface area contributed by atoms with E-state index in [0.29, 0.717) is 39.3 Å². The summed E-state index contributed by atoms with van der Waals surface area (Å²) in [6, 6.07) is 0. The molecule has 100 valence electrons. The van der Waals surface area contributed by atoms with Crippen molar-refractivity contribution in [2.45, 2.75) is 32.1 Å². The van der Waals surface area contributed by atoms with Crippen LogP contribution in [0.4, 0.5) is 0 Å². The lowest BCUT2D eigenvalue weighted by Crippen LogP contribution is -2.50. The molecule has 0 aromatic heterocycles. The Hall–Kier alpha value is -0.690. The van der Waals surface area contributed by atoms with Gasteiger partial charge in [-0.25, -0.2) is 0 Å². The van der Waals surface area contributed by atoms with Crippen LogP contribution in [-0.4, -0.2) is 60.7 Å². The lowest BCUT2D eigenvalue weighted by atomic mass is 10.0. The highest BCUT2D eigenvalue weighted by Gasteiger charge is 2.41. The van der Waals surface area contributed by atoms with E-state index in [-0.39, 0.29) is 6.29 Å². The highest BCUT2D eigenvalue weighted by Crippen LogP contribution is 2.19. The standard InChI is InChI=1S/C11H22N2O4/c1-3-16-9(17-4-2)7-13-6-5-11(12,8-13)10(14)15/h9H,3-8,12H2,1-2H3,(H,14,15). The fourth-order valence-electron chi connectivity index (χ4n) is 1.98. The van der Waals surface area contributed by atoms with Gasteiger partial charge in [0, 0.05) is 32.8 Å². The van der Waals surface area contributed by atoms with Crippen LogP contribution < -0.4 is 5.73 Å². The van der Waals surface area contributed by atoms with Gasteiger partial charge in [0.15, 0.2) is 6.29 Å². The third-order valence-electron chi connectivity index (χ3n) is 2.92. The van der Waals surface area contributed by atoms with E-state index >= 15 is 0 Å². The van der Waals surface area contributed by atoms with Crippen LogP contribution in [0.1, 0.15) is 20.3 Å². The van der Waals surface area contributed by atoms with E-state index in [2.05, 4.69) is 0 Å². The summed E-state index contributed by atoms with van der Waals surface area (Å²) in [6.45, 7) is 6.53. The summed E-state index contributed by atoms with van der Waals surface area (Å²) in [7, 11) is 0. The molecule has 0 radical (unpaired) electrons. The van der Waals surface area contributed by atoms with Gasteiger partial charge in [0.25, 0.3) is 0 Å². The SMILES string of the molecule is CCOC(CN1CCC(N)(C(=O)O)C1)OCC. The van der Waals surface area contributed by atoms with Crippen LogP contribution in [-0.2, 0) is 14.3 Å². The Balaban J connectivity index is 2.45. The van der Waals surface area contributed by atoms with Crippen LogP contribution in [0.15, 0.2) is 0 Å². The van der Waals surface area contributed by atoms with Crippen molar-refractivity contribution >= 4 is 5.97 Å². The molecule has 0 aromatic rings.